The topological polar surface area (TPSA) is 45.8 Å². The van der Waals surface area contributed by atoms with Gasteiger partial charge in [0, 0.05) is 26.2 Å². The third kappa shape index (κ3) is 5.89. The number of benzene rings is 2. The first kappa shape index (κ1) is 20.5. The first-order valence-electron chi connectivity index (χ1n) is 9.37. The molecule has 0 aromatic heterocycles. The smallest absolute Gasteiger partial charge is 0.166 e. The molecule has 1 fully saturated rings. The molecule has 2 aromatic carbocycles. The van der Waals surface area contributed by atoms with Gasteiger partial charge < -0.3 is 20.1 Å². The second-order valence-corrected chi connectivity index (χ2v) is 7.04. The quantitative estimate of drug-likeness (QED) is 0.694. The van der Waals surface area contributed by atoms with Crippen LogP contribution in [0.5, 0.6) is 5.75 Å². The van der Waals surface area contributed by atoms with Crippen LogP contribution in [-0.2, 0) is 11.3 Å². The Morgan fingerprint density at radius 1 is 1.11 bits per heavy atom. The maximum atomic E-state index is 13.3. The molecule has 0 spiro atoms. The minimum absolute atomic E-state index is 0.102. The van der Waals surface area contributed by atoms with Gasteiger partial charge in [-0.3, -0.25) is 4.90 Å². The Morgan fingerprint density at radius 2 is 1.79 bits per heavy atom. The Bertz CT molecular complexity index is 749. The van der Waals surface area contributed by atoms with Gasteiger partial charge in [-0.05, 0) is 47.6 Å². The predicted octanol–water partition coefficient (Wildman–Crippen LogP) is 2.87. The van der Waals surface area contributed by atoms with Crippen molar-refractivity contribution in [3.8, 4) is 5.75 Å². The number of ether oxygens (including phenoxy) is 2. The van der Waals surface area contributed by atoms with Gasteiger partial charge in [-0.25, -0.2) is 4.39 Å². The maximum Gasteiger partial charge on any atom is 0.166 e. The van der Waals surface area contributed by atoms with Crippen molar-refractivity contribution in [1.29, 1.82) is 0 Å². The molecule has 2 N–H and O–H groups in total. The molecular formula is C21H26FN3O2S. The number of nitrogens with zero attached hydrogens (tertiary/aromatic N) is 1. The van der Waals surface area contributed by atoms with Crippen LogP contribution >= 0.6 is 12.2 Å². The molecule has 3 rings (SSSR count). The van der Waals surface area contributed by atoms with Crippen LogP contribution in [0.1, 0.15) is 17.2 Å². The number of hydrogen-bond acceptors (Lipinski definition) is 4. The standard InChI is InChI=1S/C21H26FN3O2S/c1-26-19-8-2-16(3-9-19)14-23-21(28)24-15-20(25-10-12-27-13-11-25)17-4-6-18(22)7-5-17/h2-9,20H,10-15H2,1H3,(H2,23,24,28)/t20-/m0/s1. The SMILES string of the molecule is COc1ccc(CNC(=S)NC[C@@H](c2ccc(F)cc2)N2CCOCC2)cc1. The Hall–Kier alpha value is -2.22. The van der Waals surface area contributed by atoms with E-state index in [4.69, 9.17) is 21.7 Å². The lowest BCUT2D eigenvalue weighted by molar-refractivity contribution is 0.0170. The number of methoxy groups -OCH3 is 1. The number of rotatable bonds is 7. The molecule has 1 heterocycles. The molecule has 150 valence electrons. The summed E-state index contributed by atoms with van der Waals surface area (Å²) in [7, 11) is 1.65. The molecule has 7 heteroatoms. The van der Waals surface area contributed by atoms with E-state index in [2.05, 4.69) is 15.5 Å². The van der Waals surface area contributed by atoms with Gasteiger partial charge in [-0.15, -0.1) is 0 Å². The van der Waals surface area contributed by atoms with Gasteiger partial charge >= 0.3 is 0 Å². The van der Waals surface area contributed by atoms with Crippen molar-refractivity contribution in [2.24, 2.45) is 0 Å². The van der Waals surface area contributed by atoms with E-state index < -0.39 is 0 Å². The molecule has 0 radical (unpaired) electrons. The first-order chi connectivity index (χ1) is 13.7. The average Bonchev–Trinajstić information content (AvgIpc) is 2.75. The first-order valence-corrected chi connectivity index (χ1v) is 9.78. The van der Waals surface area contributed by atoms with E-state index in [-0.39, 0.29) is 11.9 Å². The van der Waals surface area contributed by atoms with E-state index in [9.17, 15) is 4.39 Å². The molecule has 1 saturated heterocycles. The highest BCUT2D eigenvalue weighted by molar-refractivity contribution is 7.80. The van der Waals surface area contributed by atoms with Crippen LogP contribution < -0.4 is 15.4 Å². The number of nitrogens with one attached hydrogen (secondary N) is 2. The second-order valence-electron chi connectivity index (χ2n) is 6.63. The van der Waals surface area contributed by atoms with Gasteiger partial charge in [0.05, 0.1) is 26.4 Å². The lowest BCUT2D eigenvalue weighted by atomic mass is 10.0. The van der Waals surface area contributed by atoms with Crippen molar-refractivity contribution in [2.45, 2.75) is 12.6 Å². The van der Waals surface area contributed by atoms with E-state index in [0.29, 0.717) is 31.4 Å². The van der Waals surface area contributed by atoms with Crippen LogP contribution in [0.25, 0.3) is 0 Å². The number of thiocarbonyl (C=S) groups is 1. The van der Waals surface area contributed by atoms with Crippen molar-refractivity contribution in [1.82, 2.24) is 15.5 Å². The highest BCUT2D eigenvalue weighted by atomic mass is 32.1. The molecule has 0 saturated carbocycles. The van der Waals surface area contributed by atoms with Crippen molar-refractivity contribution < 1.29 is 13.9 Å². The van der Waals surface area contributed by atoms with E-state index in [0.717, 1.165) is 30.0 Å². The van der Waals surface area contributed by atoms with Crippen molar-refractivity contribution in [3.63, 3.8) is 0 Å². The molecule has 2 aromatic rings. The molecule has 1 aliphatic heterocycles. The Balaban J connectivity index is 1.55. The fourth-order valence-electron chi connectivity index (χ4n) is 3.21. The van der Waals surface area contributed by atoms with Gasteiger partial charge in [0.2, 0.25) is 0 Å². The normalized spacial score (nSPS) is 15.6. The number of morpholine rings is 1. The van der Waals surface area contributed by atoms with Crippen molar-refractivity contribution in [2.75, 3.05) is 40.0 Å². The van der Waals surface area contributed by atoms with E-state index in [1.165, 1.54) is 12.1 Å². The third-order valence-corrected chi connectivity index (χ3v) is 5.10. The van der Waals surface area contributed by atoms with Crippen LogP contribution in [-0.4, -0.2) is 50.0 Å². The highest BCUT2D eigenvalue weighted by Crippen LogP contribution is 2.21. The fourth-order valence-corrected chi connectivity index (χ4v) is 3.36. The number of hydrogen-bond donors (Lipinski definition) is 2. The lowest BCUT2D eigenvalue weighted by Gasteiger charge is -2.35. The third-order valence-electron chi connectivity index (χ3n) is 4.81. The van der Waals surface area contributed by atoms with Crippen LogP contribution in [0.4, 0.5) is 4.39 Å². The molecular weight excluding hydrogens is 377 g/mol. The summed E-state index contributed by atoms with van der Waals surface area (Å²) >= 11 is 5.44. The van der Waals surface area contributed by atoms with Crippen LogP contribution in [0.2, 0.25) is 0 Å². The van der Waals surface area contributed by atoms with Gasteiger partial charge in [-0.2, -0.15) is 0 Å². The fraction of sp³-hybridized carbons (Fsp3) is 0.381. The van der Waals surface area contributed by atoms with Crippen molar-refractivity contribution in [3.05, 3.63) is 65.5 Å². The minimum atomic E-state index is -0.228. The zero-order valence-corrected chi connectivity index (χ0v) is 16.8. The van der Waals surface area contributed by atoms with E-state index in [1.54, 1.807) is 7.11 Å². The summed E-state index contributed by atoms with van der Waals surface area (Å²) in [5.41, 5.74) is 2.18. The summed E-state index contributed by atoms with van der Waals surface area (Å²) in [6.45, 7) is 4.37. The molecule has 0 amide bonds. The lowest BCUT2D eigenvalue weighted by Crippen LogP contribution is -2.45. The van der Waals surface area contributed by atoms with Gasteiger partial charge in [0.15, 0.2) is 5.11 Å². The summed E-state index contributed by atoms with van der Waals surface area (Å²) in [5.74, 6) is 0.603. The van der Waals surface area contributed by atoms with Gasteiger partial charge in [0.25, 0.3) is 0 Å². The van der Waals surface area contributed by atoms with E-state index in [1.807, 2.05) is 36.4 Å². The molecule has 0 aliphatic carbocycles. The van der Waals surface area contributed by atoms with Crippen LogP contribution in [0.3, 0.4) is 0 Å². The van der Waals surface area contributed by atoms with Crippen LogP contribution in [0.15, 0.2) is 48.5 Å². The van der Waals surface area contributed by atoms with Crippen LogP contribution in [0, 0.1) is 5.82 Å². The summed E-state index contributed by atoms with van der Waals surface area (Å²) < 4.78 is 24.0. The average molecular weight is 404 g/mol. The molecule has 0 unspecified atom stereocenters. The molecule has 1 atom stereocenters. The maximum absolute atomic E-state index is 13.3. The van der Waals surface area contributed by atoms with Gasteiger partial charge in [0.1, 0.15) is 11.6 Å². The minimum Gasteiger partial charge on any atom is -0.497 e. The zero-order valence-electron chi connectivity index (χ0n) is 16.0. The molecule has 1 aliphatic rings. The summed E-state index contributed by atoms with van der Waals surface area (Å²) in [4.78, 5) is 2.34. The molecule has 0 bridgehead atoms. The van der Waals surface area contributed by atoms with E-state index >= 15 is 0 Å². The highest BCUT2D eigenvalue weighted by Gasteiger charge is 2.22. The Morgan fingerprint density at radius 3 is 2.43 bits per heavy atom. The monoisotopic (exact) mass is 403 g/mol. The Kier molecular flexibility index (Phi) is 7.59. The summed E-state index contributed by atoms with van der Waals surface area (Å²) in [5, 5.41) is 7.13. The Labute approximate surface area is 170 Å². The second kappa shape index (κ2) is 10.4. The zero-order chi connectivity index (χ0) is 19.8. The largest absolute Gasteiger partial charge is 0.497 e. The predicted molar refractivity (Wildman–Crippen MR) is 112 cm³/mol. The number of halogens is 1. The van der Waals surface area contributed by atoms with Crippen molar-refractivity contribution >= 4 is 17.3 Å². The summed E-state index contributed by atoms with van der Waals surface area (Å²) in [6, 6.07) is 14.6. The molecule has 28 heavy (non-hydrogen) atoms. The van der Waals surface area contributed by atoms with Gasteiger partial charge in [-0.1, -0.05) is 24.3 Å². The molecule has 5 nitrogen and oxygen atoms in total. The summed E-state index contributed by atoms with van der Waals surface area (Å²) in [6.07, 6.45) is 0.